The van der Waals surface area contributed by atoms with Gasteiger partial charge in [-0.3, -0.25) is 14.9 Å². The third-order valence-electron chi connectivity index (χ3n) is 2.82. The number of ketones is 1. The number of nitrogens with two attached hydrogens (primary N) is 1. The third kappa shape index (κ3) is 3.95. The van der Waals surface area contributed by atoms with E-state index in [0.29, 0.717) is 11.3 Å². The Morgan fingerprint density at radius 3 is 2.55 bits per heavy atom. The van der Waals surface area contributed by atoms with Gasteiger partial charge in [0.1, 0.15) is 11.7 Å². The van der Waals surface area contributed by atoms with Gasteiger partial charge < -0.3 is 5.73 Å². The fourth-order valence-corrected chi connectivity index (χ4v) is 1.78. The first-order valence-electron chi connectivity index (χ1n) is 6.32. The Labute approximate surface area is 125 Å². The zero-order valence-electron chi connectivity index (χ0n) is 11.4. The van der Waals surface area contributed by atoms with Gasteiger partial charge in [0.15, 0.2) is 5.78 Å². The van der Waals surface area contributed by atoms with E-state index >= 15 is 0 Å². The molecule has 2 N–H and O–H groups in total. The SMILES string of the molecule is NC(CC(=O)c1ccc(F)cc1)=Nc1cccc([N+](=O)[O-])c1. The van der Waals surface area contributed by atoms with Gasteiger partial charge in [-0.15, -0.1) is 0 Å². The molecule has 0 atom stereocenters. The Kier molecular flexibility index (Phi) is 4.57. The number of amidine groups is 1. The number of benzene rings is 2. The molecule has 0 aliphatic carbocycles. The summed E-state index contributed by atoms with van der Waals surface area (Å²) in [7, 11) is 0. The van der Waals surface area contributed by atoms with Crippen molar-refractivity contribution < 1.29 is 14.1 Å². The second-order valence-electron chi connectivity index (χ2n) is 4.49. The molecule has 0 amide bonds. The van der Waals surface area contributed by atoms with Crippen molar-refractivity contribution in [3.63, 3.8) is 0 Å². The monoisotopic (exact) mass is 301 g/mol. The molecule has 0 radical (unpaired) electrons. The molecule has 0 spiro atoms. The first kappa shape index (κ1) is 15.3. The minimum atomic E-state index is -0.543. The Morgan fingerprint density at radius 1 is 1.23 bits per heavy atom. The van der Waals surface area contributed by atoms with Crippen LogP contribution in [0.1, 0.15) is 16.8 Å². The fraction of sp³-hybridized carbons (Fsp3) is 0.0667. The van der Waals surface area contributed by atoms with E-state index in [1.54, 1.807) is 6.07 Å². The van der Waals surface area contributed by atoms with Crippen LogP contribution in [-0.4, -0.2) is 16.5 Å². The molecule has 0 fully saturated rings. The zero-order valence-corrected chi connectivity index (χ0v) is 11.4. The van der Waals surface area contributed by atoms with Crippen molar-refractivity contribution in [2.75, 3.05) is 0 Å². The van der Waals surface area contributed by atoms with Crippen molar-refractivity contribution in [2.45, 2.75) is 6.42 Å². The molecule has 2 rings (SSSR count). The van der Waals surface area contributed by atoms with Crippen LogP contribution >= 0.6 is 0 Å². The number of non-ortho nitro benzene ring substituents is 1. The number of hydrogen-bond donors (Lipinski definition) is 1. The number of halogens is 1. The van der Waals surface area contributed by atoms with Crippen LogP contribution in [0, 0.1) is 15.9 Å². The summed E-state index contributed by atoms with van der Waals surface area (Å²) in [6.07, 6.45) is -0.158. The van der Waals surface area contributed by atoms with Crippen LogP contribution < -0.4 is 5.73 Å². The molecule has 0 unspecified atom stereocenters. The molecule has 0 aliphatic heterocycles. The van der Waals surface area contributed by atoms with Crippen LogP contribution in [0.3, 0.4) is 0 Å². The molecular weight excluding hydrogens is 289 g/mol. The molecular formula is C15H12FN3O3. The maximum atomic E-state index is 12.8. The van der Waals surface area contributed by atoms with Crippen LogP contribution in [0.5, 0.6) is 0 Å². The van der Waals surface area contributed by atoms with Crippen LogP contribution in [-0.2, 0) is 0 Å². The fourth-order valence-electron chi connectivity index (χ4n) is 1.78. The van der Waals surface area contributed by atoms with E-state index in [1.165, 1.54) is 42.5 Å². The average molecular weight is 301 g/mol. The highest BCUT2D eigenvalue weighted by Gasteiger charge is 2.09. The Morgan fingerprint density at radius 2 is 1.91 bits per heavy atom. The molecule has 2 aromatic rings. The van der Waals surface area contributed by atoms with Crippen LogP contribution in [0.2, 0.25) is 0 Å². The predicted octanol–water partition coefficient (Wildman–Crippen LogP) is 3.00. The van der Waals surface area contributed by atoms with Gasteiger partial charge in [0.25, 0.3) is 5.69 Å². The van der Waals surface area contributed by atoms with E-state index in [2.05, 4.69) is 4.99 Å². The lowest BCUT2D eigenvalue weighted by Gasteiger charge is -2.02. The van der Waals surface area contributed by atoms with Crippen molar-refractivity contribution in [3.05, 3.63) is 70.0 Å². The molecule has 0 bridgehead atoms. The predicted molar refractivity (Wildman–Crippen MR) is 79.7 cm³/mol. The summed E-state index contributed by atoms with van der Waals surface area (Å²) in [4.78, 5) is 26.0. The maximum absolute atomic E-state index is 12.8. The first-order chi connectivity index (χ1) is 10.5. The lowest BCUT2D eigenvalue weighted by atomic mass is 10.1. The van der Waals surface area contributed by atoms with Gasteiger partial charge in [0, 0.05) is 17.7 Å². The van der Waals surface area contributed by atoms with Crippen molar-refractivity contribution in [3.8, 4) is 0 Å². The molecule has 0 aromatic heterocycles. The van der Waals surface area contributed by atoms with Crippen molar-refractivity contribution in [1.29, 1.82) is 0 Å². The minimum Gasteiger partial charge on any atom is -0.387 e. The molecule has 7 heteroatoms. The highest BCUT2D eigenvalue weighted by atomic mass is 19.1. The van der Waals surface area contributed by atoms with Crippen LogP contribution in [0.4, 0.5) is 15.8 Å². The summed E-state index contributed by atoms with van der Waals surface area (Å²) in [5.41, 5.74) is 6.18. The van der Waals surface area contributed by atoms with Crippen LogP contribution in [0.25, 0.3) is 0 Å². The average Bonchev–Trinajstić information content (AvgIpc) is 2.47. The second-order valence-corrected chi connectivity index (χ2v) is 4.49. The number of nitro groups is 1. The summed E-state index contributed by atoms with van der Waals surface area (Å²) in [5, 5.41) is 10.7. The number of carbonyl (C=O) groups is 1. The number of rotatable bonds is 5. The maximum Gasteiger partial charge on any atom is 0.271 e. The molecule has 0 aliphatic rings. The van der Waals surface area contributed by atoms with Crippen molar-refractivity contribution >= 4 is 23.0 Å². The minimum absolute atomic E-state index is 0.0230. The molecule has 22 heavy (non-hydrogen) atoms. The van der Waals surface area contributed by atoms with E-state index in [0.717, 1.165) is 0 Å². The van der Waals surface area contributed by atoms with E-state index in [-0.39, 0.29) is 23.7 Å². The van der Waals surface area contributed by atoms with Gasteiger partial charge in [0.05, 0.1) is 17.0 Å². The topological polar surface area (TPSA) is 98.6 Å². The number of aliphatic imine (C=N–C) groups is 1. The van der Waals surface area contributed by atoms with Gasteiger partial charge in [0.2, 0.25) is 0 Å². The summed E-state index contributed by atoms with van der Waals surface area (Å²) in [6.45, 7) is 0. The Bertz CT molecular complexity index is 742. The van der Waals surface area contributed by atoms with Gasteiger partial charge >= 0.3 is 0 Å². The lowest BCUT2D eigenvalue weighted by molar-refractivity contribution is -0.384. The Balaban J connectivity index is 2.12. The van der Waals surface area contributed by atoms with Crippen LogP contribution in [0.15, 0.2) is 53.5 Å². The molecule has 0 heterocycles. The molecule has 2 aromatic carbocycles. The largest absolute Gasteiger partial charge is 0.387 e. The number of carbonyl (C=O) groups excluding carboxylic acids is 1. The summed E-state index contributed by atoms with van der Waals surface area (Å²) in [6, 6.07) is 10.7. The van der Waals surface area contributed by atoms with E-state index in [1.807, 2.05) is 0 Å². The quantitative estimate of drug-likeness (QED) is 0.302. The number of nitro benzene ring substituents is 1. The van der Waals surface area contributed by atoms with Gasteiger partial charge in [-0.05, 0) is 30.3 Å². The summed E-state index contributed by atoms with van der Waals surface area (Å²) in [5.74, 6) is -0.726. The summed E-state index contributed by atoms with van der Waals surface area (Å²) >= 11 is 0. The normalized spacial score (nSPS) is 11.2. The van der Waals surface area contributed by atoms with E-state index in [4.69, 9.17) is 5.73 Å². The number of Topliss-reactive ketones (excluding diaryl/α,β-unsaturated/α-hetero) is 1. The van der Waals surface area contributed by atoms with Gasteiger partial charge in [-0.1, -0.05) is 6.07 Å². The smallest absolute Gasteiger partial charge is 0.271 e. The molecule has 0 saturated heterocycles. The van der Waals surface area contributed by atoms with Crippen molar-refractivity contribution in [1.82, 2.24) is 0 Å². The lowest BCUT2D eigenvalue weighted by Crippen LogP contribution is -2.16. The van der Waals surface area contributed by atoms with Crippen molar-refractivity contribution in [2.24, 2.45) is 10.7 Å². The highest BCUT2D eigenvalue weighted by molar-refractivity contribution is 6.09. The van der Waals surface area contributed by atoms with Gasteiger partial charge in [-0.2, -0.15) is 0 Å². The second kappa shape index (κ2) is 6.57. The van der Waals surface area contributed by atoms with E-state index < -0.39 is 10.7 Å². The first-order valence-corrected chi connectivity index (χ1v) is 6.32. The van der Waals surface area contributed by atoms with Gasteiger partial charge in [-0.25, -0.2) is 9.38 Å². The number of hydrogen-bond acceptors (Lipinski definition) is 4. The third-order valence-corrected chi connectivity index (χ3v) is 2.82. The molecule has 0 saturated carbocycles. The van der Waals surface area contributed by atoms with E-state index in [9.17, 15) is 19.3 Å². The molecule has 112 valence electrons. The zero-order chi connectivity index (χ0) is 16.1. The molecule has 6 nitrogen and oxygen atoms in total. The Hall–Kier alpha value is -3.09. The summed E-state index contributed by atoms with van der Waals surface area (Å²) < 4.78 is 12.8. The number of nitrogens with zero attached hydrogens (tertiary/aromatic N) is 2. The standard InChI is InChI=1S/C15H12FN3O3/c16-11-6-4-10(5-7-11)14(20)9-15(17)18-12-2-1-3-13(8-12)19(21)22/h1-8H,9H2,(H2,17,18). The highest BCUT2D eigenvalue weighted by Crippen LogP contribution is 2.20.